The Morgan fingerprint density at radius 2 is 1.58 bits per heavy atom. The number of rotatable bonds is 6. The first-order valence-electron chi connectivity index (χ1n) is 9.85. The fourth-order valence-corrected chi connectivity index (χ4v) is 3.40. The minimum Gasteiger partial charge on any atom is -0.322 e. The van der Waals surface area contributed by atoms with Crippen LogP contribution in [0.2, 0.25) is 0 Å². The topological polar surface area (TPSA) is 38.8 Å². The smallest absolute Gasteiger partial charge is 0.321 e. The zero-order chi connectivity index (χ0) is 19.3. The Morgan fingerprint density at radius 1 is 1.04 bits per heavy atom. The third-order valence-electron chi connectivity index (χ3n) is 5.13. The fraction of sp³-hybridized carbons (Fsp3) is 0.667. The van der Waals surface area contributed by atoms with Crippen LogP contribution in [0.4, 0.5) is 10.5 Å². The number of anilines is 1. The first-order valence-corrected chi connectivity index (χ1v) is 9.85. The molecule has 2 amide bonds. The third kappa shape index (κ3) is 5.45. The third-order valence-corrected chi connectivity index (χ3v) is 5.13. The highest BCUT2D eigenvalue weighted by molar-refractivity contribution is 5.91. The van der Waals surface area contributed by atoms with Crippen molar-refractivity contribution in [2.75, 3.05) is 58.7 Å². The molecule has 1 aliphatic heterocycles. The molecule has 0 aliphatic carbocycles. The average molecular weight is 361 g/mol. The number of benzene rings is 1. The molecule has 1 aromatic carbocycles. The van der Waals surface area contributed by atoms with Gasteiger partial charge in [-0.15, -0.1) is 0 Å². The Morgan fingerprint density at radius 3 is 2.04 bits per heavy atom. The molecule has 26 heavy (non-hydrogen) atoms. The molecule has 1 fully saturated rings. The lowest BCUT2D eigenvalue weighted by Gasteiger charge is -2.35. The van der Waals surface area contributed by atoms with Crippen molar-refractivity contribution in [1.29, 1.82) is 0 Å². The minimum absolute atomic E-state index is 0.0345. The lowest BCUT2D eigenvalue weighted by atomic mass is 9.93. The molecule has 0 saturated carbocycles. The monoisotopic (exact) mass is 360 g/mol. The molecule has 0 aromatic heterocycles. The van der Waals surface area contributed by atoms with Gasteiger partial charge < -0.3 is 15.1 Å². The first kappa shape index (κ1) is 20.7. The van der Waals surface area contributed by atoms with Crippen molar-refractivity contribution in [2.24, 2.45) is 0 Å². The Kier molecular flexibility index (Phi) is 7.47. The maximum Gasteiger partial charge on any atom is 0.321 e. The lowest BCUT2D eigenvalue weighted by Crippen LogP contribution is -2.51. The summed E-state index contributed by atoms with van der Waals surface area (Å²) in [6.45, 7) is 14.3. The van der Waals surface area contributed by atoms with Gasteiger partial charge in [0.25, 0.3) is 0 Å². The molecule has 1 heterocycles. The van der Waals surface area contributed by atoms with Gasteiger partial charge in [-0.25, -0.2) is 4.79 Å². The summed E-state index contributed by atoms with van der Waals surface area (Å²) in [5, 5.41) is 3.24. The molecular weight excluding hydrogens is 324 g/mol. The Hall–Kier alpha value is -1.59. The quantitative estimate of drug-likeness (QED) is 0.842. The standard InChI is InChI=1S/C21H36N4O/c1-16(2)18-8-7-9-19(17(3)4)20(18)22-21(26)25-14-12-24(13-15-25)11-10-23(5)6/h7-9,16-17H,10-15H2,1-6H3,(H,22,26). The zero-order valence-corrected chi connectivity index (χ0v) is 17.4. The van der Waals surface area contributed by atoms with E-state index in [1.165, 1.54) is 11.1 Å². The van der Waals surface area contributed by atoms with Crippen molar-refractivity contribution >= 4 is 11.7 Å². The maximum absolute atomic E-state index is 12.9. The van der Waals surface area contributed by atoms with Crippen LogP contribution in [-0.4, -0.2) is 74.1 Å². The molecule has 5 nitrogen and oxygen atoms in total. The van der Waals surface area contributed by atoms with Crippen LogP contribution in [0.5, 0.6) is 0 Å². The van der Waals surface area contributed by atoms with Gasteiger partial charge in [0, 0.05) is 45.0 Å². The van der Waals surface area contributed by atoms with Gasteiger partial charge in [-0.1, -0.05) is 45.9 Å². The number of likely N-dealkylation sites (N-methyl/N-ethyl adjacent to an activating group) is 1. The SMILES string of the molecule is CC(C)c1cccc(C(C)C)c1NC(=O)N1CCN(CCN(C)C)CC1. The predicted octanol–water partition coefficient (Wildman–Crippen LogP) is 3.64. The van der Waals surface area contributed by atoms with Gasteiger partial charge in [-0.05, 0) is 37.1 Å². The van der Waals surface area contributed by atoms with Crippen LogP contribution in [-0.2, 0) is 0 Å². The van der Waals surface area contributed by atoms with Gasteiger partial charge >= 0.3 is 6.03 Å². The van der Waals surface area contributed by atoms with E-state index in [1.54, 1.807) is 0 Å². The van der Waals surface area contributed by atoms with Crippen molar-refractivity contribution in [3.05, 3.63) is 29.3 Å². The normalized spacial score (nSPS) is 16.0. The van der Waals surface area contributed by atoms with Crippen molar-refractivity contribution in [1.82, 2.24) is 14.7 Å². The predicted molar refractivity (Wildman–Crippen MR) is 110 cm³/mol. The van der Waals surface area contributed by atoms with E-state index in [-0.39, 0.29) is 6.03 Å². The lowest BCUT2D eigenvalue weighted by molar-refractivity contribution is 0.140. The Bertz CT molecular complexity index is 563. The molecule has 1 N–H and O–H groups in total. The summed E-state index contributed by atoms with van der Waals surface area (Å²) in [6, 6.07) is 6.40. The number of nitrogens with zero attached hydrogens (tertiary/aromatic N) is 3. The number of hydrogen-bond donors (Lipinski definition) is 1. The summed E-state index contributed by atoms with van der Waals surface area (Å²) in [5.41, 5.74) is 3.45. The molecule has 146 valence electrons. The van der Waals surface area contributed by atoms with E-state index in [0.29, 0.717) is 11.8 Å². The number of amides is 2. The number of hydrogen-bond acceptors (Lipinski definition) is 3. The van der Waals surface area contributed by atoms with E-state index >= 15 is 0 Å². The average Bonchev–Trinajstić information content (AvgIpc) is 2.60. The van der Waals surface area contributed by atoms with Gasteiger partial charge in [-0.2, -0.15) is 0 Å². The van der Waals surface area contributed by atoms with Gasteiger partial charge in [-0.3, -0.25) is 4.90 Å². The molecule has 0 atom stereocenters. The minimum atomic E-state index is 0.0345. The van der Waals surface area contributed by atoms with Crippen molar-refractivity contribution < 1.29 is 4.79 Å². The van der Waals surface area contributed by atoms with Crippen LogP contribution in [0.3, 0.4) is 0 Å². The van der Waals surface area contributed by atoms with Crippen LogP contribution in [0.1, 0.15) is 50.7 Å². The highest BCUT2D eigenvalue weighted by Crippen LogP contribution is 2.32. The Balaban J connectivity index is 2.02. The summed E-state index contributed by atoms with van der Waals surface area (Å²) in [7, 11) is 4.20. The van der Waals surface area contributed by atoms with Crippen LogP contribution in [0.15, 0.2) is 18.2 Å². The van der Waals surface area contributed by atoms with Crippen molar-refractivity contribution in [2.45, 2.75) is 39.5 Å². The van der Waals surface area contributed by atoms with Crippen LogP contribution >= 0.6 is 0 Å². The molecule has 2 rings (SSSR count). The highest BCUT2D eigenvalue weighted by atomic mass is 16.2. The van der Waals surface area contributed by atoms with Gasteiger partial charge in [0.2, 0.25) is 0 Å². The second kappa shape index (κ2) is 9.38. The number of carbonyl (C=O) groups is 1. The molecule has 1 aliphatic rings. The summed E-state index contributed by atoms with van der Waals surface area (Å²) >= 11 is 0. The van der Waals surface area contributed by atoms with E-state index in [9.17, 15) is 4.79 Å². The zero-order valence-electron chi connectivity index (χ0n) is 17.4. The van der Waals surface area contributed by atoms with Gasteiger partial charge in [0.1, 0.15) is 0 Å². The first-order chi connectivity index (χ1) is 12.3. The van der Waals surface area contributed by atoms with E-state index in [1.807, 2.05) is 4.90 Å². The summed E-state index contributed by atoms with van der Waals surface area (Å²) in [6.07, 6.45) is 0. The molecule has 1 aromatic rings. The number of nitrogens with one attached hydrogen (secondary N) is 1. The largest absolute Gasteiger partial charge is 0.322 e. The number of piperazine rings is 1. The maximum atomic E-state index is 12.9. The molecule has 0 unspecified atom stereocenters. The van der Waals surface area contributed by atoms with Crippen molar-refractivity contribution in [3.63, 3.8) is 0 Å². The van der Waals surface area contributed by atoms with Crippen LogP contribution in [0, 0.1) is 0 Å². The second-order valence-corrected chi connectivity index (χ2v) is 8.18. The van der Waals surface area contributed by atoms with E-state index in [2.05, 4.69) is 75.1 Å². The summed E-state index contributed by atoms with van der Waals surface area (Å²) in [5.74, 6) is 0.763. The molecule has 1 saturated heterocycles. The van der Waals surface area contributed by atoms with Crippen molar-refractivity contribution in [3.8, 4) is 0 Å². The number of para-hydroxylation sites is 1. The molecule has 0 radical (unpaired) electrons. The Labute approximate surface area is 159 Å². The second-order valence-electron chi connectivity index (χ2n) is 8.18. The molecular formula is C21H36N4O. The summed E-state index contributed by atoms with van der Waals surface area (Å²) < 4.78 is 0. The fourth-order valence-electron chi connectivity index (χ4n) is 3.40. The van der Waals surface area contributed by atoms with Gasteiger partial charge in [0.15, 0.2) is 0 Å². The van der Waals surface area contributed by atoms with Gasteiger partial charge in [0.05, 0.1) is 0 Å². The van der Waals surface area contributed by atoms with E-state index in [4.69, 9.17) is 0 Å². The number of carbonyl (C=O) groups excluding carboxylic acids is 1. The van der Waals surface area contributed by atoms with Crippen LogP contribution in [0.25, 0.3) is 0 Å². The van der Waals surface area contributed by atoms with Crippen LogP contribution < -0.4 is 5.32 Å². The molecule has 0 bridgehead atoms. The molecule has 5 heteroatoms. The van der Waals surface area contributed by atoms with E-state index in [0.717, 1.165) is 45.0 Å². The number of urea groups is 1. The summed E-state index contributed by atoms with van der Waals surface area (Å²) in [4.78, 5) is 19.5. The van der Waals surface area contributed by atoms with E-state index < -0.39 is 0 Å². The molecule has 0 spiro atoms. The highest BCUT2D eigenvalue weighted by Gasteiger charge is 2.23.